The van der Waals surface area contributed by atoms with Gasteiger partial charge in [0.1, 0.15) is 5.69 Å². The molecule has 0 amide bonds. The molecule has 6 nitrogen and oxygen atoms in total. The number of nitrogens with zero attached hydrogens (tertiary/aromatic N) is 4. The fourth-order valence-electron chi connectivity index (χ4n) is 3.59. The topological polar surface area (TPSA) is 50.6 Å². The van der Waals surface area contributed by atoms with Crippen LogP contribution in [0, 0.1) is 5.92 Å². The van der Waals surface area contributed by atoms with Crippen LogP contribution in [0.25, 0.3) is 5.69 Å². The largest absolute Gasteiger partial charge is 0.486 e. The fourth-order valence-corrected chi connectivity index (χ4v) is 4.54. The number of hydrogen-bond acceptors (Lipinski definition) is 6. The van der Waals surface area contributed by atoms with Gasteiger partial charge >= 0.3 is 5.56 Å². The molecular formula is C25H30N4O2S. The lowest BCUT2D eigenvalue weighted by molar-refractivity contribution is 0.265. The number of benzene rings is 2. The van der Waals surface area contributed by atoms with Gasteiger partial charge in [-0.15, -0.1) is 0 Å². The van der Waals surface area contributed by atoms with Crippen LogP contribution in [0.4, 0.5) is 5.69 Å². The molecule has 0 radical (unpaired) electrons. The minimum absolute atomic E-state index is 0.213. The Bertz CT molecular complexity index is 1050. The number of aromatic nitrogens is 2. The monoisotopic (exact) mass is 450 g/mol. The Hall–Kier alpha value is -2.77. The van der Waals surface area contributed by atoms with Crippen LogP contribution >= 0.6 is 11.9 Å². The molecule has 1 fully saturated rings. The lowest BCUT2D eigenvalue weighted by Crippen LogP contribution is -2.44. The van der Waals surface area contributed by atoms with E-state index < -0.39 is 0 Å². The average Bonchev–Trinajstić information content (AvgIpc) is 2.83. The van der Waals surface area contributed by atoms with Crippen LogP contribution in [-0.4, -0.2) is 46.9 Å². The van der Waals surface area contributed by atoms with Gasteiger partial charge in [-0.2, -0.15) is 9.78 Å². The van der Waals surface area contributed by atoms with Gasteiger partial charge in [0.05, 0.1) is 18.5 Å². The van der Waals surface area contributed by atoms with Crippen LogP contribution in [0.2, 0.25) is 0 Å². The summed E-state index contributed by atoms with van der Waals surface area (Å²) in [5.41, 5.74) is 2.64. The van der Waals surface area contributed by atoms with Crippen molar-refractivity contribution in [2.75, 3.05) is 37.7 Å². The van der Waals surface area contributed by atoms with Crippen molar-refractivity contribution in [2.24, 2.45) is 5.92 Å². The highest BCUT2D eigenvalue weighted by Crippen LogP contribution is 2.27. The maximum absolute atomic E-state index is 13.3. The zero-order valence-electron chi connectivity index (χ0n) is 18.7. The van der Waals surface area contributed by atoms with Crippen molar-refractivity contribution in [3.63, 3.8) is 0 Å². The minimum atomic E-state index is -0.213. The van der Waals surface area contributed by atoms with E-state index in [0.29, 0.717) is 18.3 Å². The predicted octanol–water partition coefficient (Wildman–Crippen LogP) is 4.24. The van der Waals surface area contributed by atoms with Gasteiger partial charge in [0.2, 0.25) is 5.75 Å². The van der Waals surface area contributed by atoms with Gasteiger partial charge in [0, 0.05) is 31.9 Å². The highest BCUT2D eigenvalue weighted by atomic mass is 32.2. The van der Waals surface area contributed by atoms with Gasteiger partial charge < -0.3 is 9.64 Å². The lowest BCUT2D eigenvalue weighted by Gasteiger charge is -2.35. The second-order valence-corrected chi connectivity index (χ2v) is 9.35. The van der Waals surface area contributed by atoms with Crippen LogP contribution in [0.15, 0.2) is 71.7 Å². The molecule has 3 aromatic rings. The van der Waals surface area contributed by atoms with Crippen LogP contribution in [-0.2, 0) is 5.75 Å². The van der Waals surface area contributed by atoms with E-state index in [1.807, 2.05) is 48.3 Å². The Labute approximate surface area is 193 Å². The van der Waals surface area contributed by atoms with Gasteiger partial charge in [0.15, 0.2) is 0 Å². The SMILES string of the molecule is CC(C)COc1c(N2CCN(SCc3ccccc3)CC2)cnn(-c2ccccc2)c1=O. The van der Waals surface area contributed by atoms with E-state index in [1.165, 1.54) is 10.2 Å². The predicted molar refractivity (Wildman–Crippen MR) is 132 cm³/mol. The summed E-state index contributed by atoms with van der Waals surface area (Å²) >= 11 is 1.86. The molecule has 1 aliphatic heterocycles. The summed E-state index contributed by atoms with van der Waals surface area (Å²) in [5, 5.41) is 4.47. The molecule has 1 aliphatic rings. The first-order chi connectivity index (χ1) is 15.6. The standard InChI is InChI=1S/C25H30N4O2S/c1-20(2)18-31-24-23(17-26-29(25(24)30)22-11-7-4-8-12-22)27-13-15-28(16-14-27)32-19-21-9-5-3-6-10-21/h3-12,17,20H,13-16,18-19H2,1-2H3. The fraction of sp³-hybridized carbons (Fsp3) is 0.360. The molecule has 0 saturated carbocycles. The Morgan fingerprint density at radius 3 is 2.28 bits per heavy atom. The molecule has 0 spiro atoms. The van der Waals surface area contributed by atoms with E-state index in [-0.39, 0.29) is 5.56 Å². The van der Waals surface area contributed by atoms with E-state index in [2.05, 4.69) is 52.4 Å². The normalized spacial score (nSPS) is 14.7. The molecule has 2 heterocycles. The molecule has 0 N–H and O–H groups in total. The van der Waals surface area contributed by atoms with Gasteiger partial charge in [-0.05, 0) is 23.6 Å². The summed E-state index contributed by atoms with van der Waals surface area (Å²) in [6.45, 7) is 8.16. The molecule has 0 bridgehead atoms. The van der Waals surface area contributed by atoms with E-state index in [9.17, 15) is 4.79 Å². The summed E-state index contributed by atoms with van der Waals surface area (Å²) in [6, 6.07) is 20.0. The molecule has 0 aliphatic carbocycles. The quantitative estimate of drug-likeness (QED) is 0.479. The number of piperazine rings is 1. The van der Waals surface area contributed by atoms with Crippen LogP contribution in [0.3, 0.4) is 0 Å². The Kier molecular flexibility index (Phi) is 7.50. The van der Waals surface area contributed by atoms with E-state index in [1.54, 1.807) is 6.20 Å². The average molecular weight is 451 g/mol. The third-order valence-corrected chi connectivity index (χ3v) is 6.51. The maximum Gasteiger partial charge on any atom is 0.316 e. The lowest BCUT2D eigenvalue weighted by atomic mass is 10.2. The third kappa shape index (κ3) is 5.53. The van der Waals surface area contributed by atoms with Crippen LogP contribution in [0.1, 0.15) is 19.4 Å². The smallest absolute Gasteiger partial charge is 0.316 e. The van der Waals surface area contributed by atoms with Crippen LogP contribution in [0.5, 0.6) is 5.75 Å². The number of ether oxygens (including phenoxy) is 1. The first kappa shape index (κ1) is 22.4. The van der Waals surface area contributed by atoms with Crippen molar-refractivity contribution < 1.29 is 4.74 Å². The summed E-state index contributed by atoms with van der Waals surface area (Å²) in [4.78, 5) is 15.5. The van der Waals surface area contributed by atoms with Crippen molar-refractivity contribution in [2.45, 2.75) is 19.6 Å². The zero-order valence-corrected chi connectivity index (χ0v) is 19.5. The van der Waals surface area contributed by atoms with Crippen molar-refractivity contribution in [1.29, 1.82) is 0 Å². The van der Waals surface area contributed by atoms with Crippen molar-refractivity contribution >= 4 is 17.6 Å². The molecule has 168 valence electrons. The Morgan fingerprint density at radius 1 is 0.969 bits per heavy atom. The number of para-hydroxylation sites is 1. The number of hydrogen-bond donors (Lipinski definition) is 0. The first-order valence-corrected chi connectivity index (χ1v) is 12.0. The summed E-state index contributed by atoms with van der Waals surface area (Å²) in [5.74, 6) is 1.69. The summed E-state index contributed by atoms with van der Waals surface area (Å²) in [6.07, 6.45) is 1.77. The second kappa shape index (κ2) is 10.7. The molecule has 0 unspecified atom stereocenters. The highest BCUT2D eigenvalue weighted by molar-refractivity contribution is 7.96. The minimum Gasteiger partial charge on any atom is -0.486 e. The van der Waals surface area contributed by atoms with Crippen LogP contribution < -0.4 is 15.2 Å². The molecule has 1 aromatic heterocycles. The highest BCUT2D eigenvalue weighted by Gasteiger charge is 2.24. The summed E-state index contributed by atoms with van der Waals surface area (Å²) in [7, 11) is 0. The molecular weight excluding hydrogens is 420 g/mol. The van der Waals surface area contributed by atoms with E-state index >= 15 is 0 Å². The molecule has 1 saturated heterocycles. The van der Waals surface area contributed by atoms with Crippen molar-refractivity contribution in [1.82, 2.24) is 14.1 Å². The Morgan fingerprint density at radius 2 is 1.62 bits per heavy atom. The van der Waals surface area contributed by atoms with Gasteiger partial charge in [-0.1, -0.05) is 74.3 Å². The molecule has 0 atom stereocenters. The van der Waals surface area contributed by atoms with Gasteiger partial charge in [0.25, 0.3) is 0 Å². The third-order valence-electron chi connectivity index (χ3n) is 5.31. The summed E-state index contributed by atoms with van der Waals surface area (Å²) < 4.78 is 9.86. The maximum atomic E-state index is 13.3. The number of rotatable bonds is 8. The first-order valence-electron chi connectivity index (χ1n) is 11.1. The zero-order chi connectivity index (χ0) is 22.3. The Balaban J connectivity index is 1.49. The second-order valence-electron chi connectivity index (χ2n) is 8.29. The van der Waals surface area contributed by atoms with E-state index in [0.717, 1.165) is 43.3 Å². The molecule has 2 aromatic carbocycles. The molecule has 4 rings (SSSR count). The number of anilines is 1. The van der Waals surface area contributed by atoms with Gasteiger partial charge in [-0.25, -0.2) is 4.31 Å². The van der Waals surface area contributed by atoms with Crippen molar-refractivity contribution in [3.05, 3.63) is 82.8 Å². The molecule has 7 heteroatoms. The molecule has 32 heavy (non-hydrogen) atoms. The van der Waals surface area contributed by atoms with Crippen molar-refractivity contribution in [3.8, 4) is 11.4 Å². The van der Waals surface area contributed by atoms with Gasteiger partial charge in [-0.3, -0.25) is 4.79 Å². The van der Waals surface area contributed by atoms with E-state index in [4.69, 9.17) is 4.74 Å².